The van der Waals surface area contributed by atoms with Gasteiger partial charge in [-0.25, -0.2) is 9.36 Å². The van der Waals surface area contributed by atoms with Crippen molar-refractivity contribution in [1.29, 1.82) is 0 Å². The molecular formula is C24H21F3N4O3. The molecule has 34 heavy (non-hydrogen) atoms. The molecule has 176 valence electrons. The summed E-state index contributed by atoms with van der Waals surface area (Å²) in [4.78, 5) is 33.4. The molecule has 0 saturated carbocycles. The minimum Gasteiger partial charge on any atom is -0.379 e. The van der Waals surface area contributed by atoms with E-state index in [4.69, 9.17) is 4.74 Å². The number of halogens is 3. The van der Waals surface area contributed by atoms with Crippen LogP contribution < -0.4 is 11.2 Å². The van der Waals surface area contributed by atoms with E-state index in [1.165, 1.54) is 16.8 Å². The first-order chi connectivity index (χ1) is 16.3. The predicted octanol–water partition coefficient (Wildman–Crippen LogP) is 3.05. The van der Waals surface area contributed by atoms with Gasteiger partial charge in [-0.15, -0.1) is 0 Å². The average molecular weight is 470 g/mol. The van der Waals surface area contributed by atoms with Gasteiger partial charge in [0, 0.05) is 43.1 Å². The largest absolute Gasteiger partial charge is 0.416 e. The number of ether oxygens (including phenoxy) is 1. The van der Waals surface area contributed by atoms with Crippen LogP contribution in [0, 0.1) is 0 Å². The van der Waals surface area contributed by atoms with Gasteiger partial charge in [0.25, 0.3) is 5.56 Å². The van der Waals surface area contributed by atoms with Crippen LogP contribution in [-0.2, 0) is 17.5 Å². The fourth-order valence-electron chi connectivity index (χ4n) is 4.32. The number of hydrogen-bond donors (Lipinski definition) is 0. The van der Waals surface area contributed by atoms with E-state index in [2.05, 4.69) is 9.88 Å². The Balaban J connectivity index is 1.75. The van der Waals surface area contributed by atoms with Crippen molar-refractivity contribution in [3.63, 3.8) is 0 Å². The Hall–Kier alpha value is -3.50. The lowest BCUT2D eigenvalue weighted by molar-refractivity contribution is -0.137. The van der Waals surface area contributed by atoms with Gasteiger partial charge in [0.15, 0.2) is 0 Å². The Bertz CT molecular complexity index is 1480. The van der Waals surface area contributed by atoms with Crippen molar-refractivity contribution in [2.75, 3.05) is 32.8 Å². The van der Waals surface area contributed by atoms with Crippen molar-refractivity contribution in [2.45, 2.75) is 12.7 Å². The van der Waals surface area contributed by atoms with E-state index in [1.807, 2.05) is 0 Å². The Kier molecular flexibility index (Phi) is 5.70. The summed E-state index contributed by atoms with van der Waals surface area (Å²) in [5.41, 5.74) is -1.98. The zero-order chi connectivity index (χ0) is 23.9. The van der Waals surface area contributed by atoms with E-state index in [1.54, 1.807) is 30.5 Å². The molecular weight excluding hydrogens is 449 g/mol. The molecule has 3 heterocycles. The summed E-state index contributed by atoms with van der Waals surface area (Å²) in [5, 5.41) is 1.13. The number of aromatic nitrogens is 3. The summed E-state index contributed by atoms with van der Waals surface area (Å²) in [6.45, 7) is 3.23. The van der Waals surface area contributed by atoms with E-state index in [9.17, 15) is 22.8 Å². The minimum atomic E-state index is -4.62. The highest BCUT2D eigenvalue weighted by Crippen LogP contribution is 2.30. The molecule has 1 aliphatic rings. The third kappa shape index (κ3) is 3.99. The third-order valence-electron chi connectivity index (χ3n) is 6.10. The SMILES string of the molecule is O=c1c2cc(C(F)(F)F)ccc2n(CCN2CCOCC2)c(=O)n1-c1cncc2ccccc12. The summed E-state index contributed by atoms with van der Waals surface area (Å²) in [6, 6.07) is 10.0. The Morgan fingerprint density at radius 2 is 1.71 bits per heavy atom. The average Bonchev–Trinajstić information content (AvgIpc) is 2.84. The molecule has 0 bridgehead atoms. The highest BCUT2D eigenvalue weighted by atomic mass is 19.4. The van der Waals surface area contributed by atoms with Crippen LogP contribution in [0.2, 0.25) is 0 Å². The molecule has 1 aliphatic heterocycles. The molecule has 7 nitrogen and oxygen atoms in total. The number of nitrogens with zero attached hydrogens (tertiary/aromatic N) is 4. The second-order valence-electron chi connectivity index (χ2n) is 8.14. The molecule has 0 amide bonds. The van der Waals surface area contributed by atoms with Gasteiger partial charge in [-0.3, -0.25) is 19.2 Å². The quantitative estimate of drug-likeness (QED) is 0.459. The standard InChI is InChI=1S/C24H21F3N4O3/c25-24(26,27)17-5-6-20-19(13-17)22(32)31(21-15-28-14-16-3-1-2-4-18(16)21)23(33)30(20)8-7-29-9-11-34-12-10-29/h1-6,13-15H,7-12H2. The highest BCUT2D eigenvalue weighted by molar-refractivity contribution is 5.89. The molecule has 1 saturated heterocycles. The lowest BCUT2D eigenvalue weighted by atomic mass is 10.1. The van der Waals surface area contributed by atoms with E-state index in [-0.39, 0.29) is 23.1 Å². The van der Waals surface area contributed by atoms with Crippen molar-refractivity contribution in [3.8, 4) is 5.69 Å². The molecule has 0 radical (unpaired) electrons. The normalized spacial score (nSPS) is 15.3. The third-order valence-corrected chi connectivity index (χ3v) is 6.10. The number of morpholine rings is 1. The number of hydrogen-bond acceptors (Lipinski definition) is 5. The number of pyridine rings is 1. The monoisotopic (exact) mass is 470 g/mol. The van der Waals surface area contributed by atoms with Crippen LogP contribution in [0.4, 0.5) is 13.2 Å². The van der Waals surface area contributed by atoms with Crippen LogP contribution >= 0.6 is 0 Å². The lowest BCUT2D eigenvalue weighted by Gasteiger charge is -2.27. The zero-order valence-electron chi connectivity index (χ0n) is 18.1. The Labute approximate surface area is 191 Å². The van der Waals surface area contributed by atoms with Gasteiger partial charge < -0.3 is 4.74 Å². The van der Waals surface area contributed by atoms with Crippen LogP contribution in [-0.4, -0.2) is 51.9 Å². The van der Waals surface area contributed by atoms with Crippen LogP contribution in [0.3, 0.4) is 0 Å². The molecule has 0 atom stereocenters. The maximum absolute atomic E-state index is 13.6. The number of benzene rings is 2. The van der Waals surface area contributed by atoms with Crippen molar-refractivity contribution >= 4 is 21.7 Å². The predicted molar refractivity (Wildman–Crippen MR) is 121 cm³/mol. The maximum Gasteiger partial charge on any atom is 0.416 e. The van der Waals surface area contributed by atoms with Crippen LogP contribution in [0.25, 0.3) is 27.4 Å². The fraction of sp³-hybridized carbons (Fsp3) is 0.292. The molecule has 5 rings (SSSR count). The van der Waals surface area contributed by atoms with E-state index in [0.717, 1.165) is 16.7 Å². The van der Waals surface area contributed by atoms with E-state index < -0.39 is 23.0 Å². The molecule has 2 aromatic carbocycles. The van der Waals surface area contributed by atoms with Crippen LogP contribution in [0.5, 0.6) is 0 Å². The Morgan fingerprint density at radius 1 is 0.941 bits per heavy atom. The second-order valence-corrected chi connectivity index (χ2v) is 8.14. The fourth-order valence-corrected chi connectivity index (χ4v) is 4.32. The van der Waals surface area contributed by atoms with Crippen molar-refractivity contribution in [3.05, 3.63) is 81.3 Å². The second kappa shape index (κ2) is 8.69. The summed E-state index contributed by atoms with van der Waals surface area (Å²) >= 11 is 0. The molecule has 0 N–H and O–H groups in total. The molecule has 1 fully saturated rings. The molecule has 0 unspecified atom stereocenters. The smallest absolute Gasteiger partial charge is 0.379 e. The number of alkyl halides is 3. The van der Waals surface area contributed by atoms with Gasteiger partial charge in [-0.2, -0.15) is 13.2 Å². The summed E-state index contributed by atoms with van der Waals surface area (Å²) in [6.07, 6.45) is -1.64. The van der Waals surface area contributed by atoms with Crippen molar-refractivity contribution in [2.24, 2.45) is 0 Å². The lowest BCUT2D eigenvalue weighted by Crippen LogP contribution is -2.43. The topological polar surface area (TPSA) is 69.4 Å². The molecule has 10 heteroatoms. The van der Waals surface area contributed by atoms with Gasteiger partial charge >= 0.3 is 11.9 Å². The van der Waals surface area contributed by atoms with E-state index in [0.29, 0.717) is 43.6 Å². The van der Waals surface area contributed by atoms with Gasteiger partial charge in [0.1, 0.15) is 0 Å². The summed E-state index contributed by atoms with van der Waals surface area (Å²) in [7, 11) is 0. The van der Waals surface area contributed by atoms with Crippen molar-refractivity contribution < 1.29 is 17.9 Å². The van der Waals surface area contributed by atoms with E-state index >= 15 is 0 Å². The van der Waals surface area contributed by atoms with Crippen molar-refractivity contribution in [1.82, 2.24) is 19.0 Å². The maximum atomic E-state index is 13.6. The number of fused-ring (bicyclic) bond motifs is 2. The van der Waals surface area contributed by atoms with Gasteiger partial charge in [-0.05, 0) is 18.2 Å². The first-order valence-corrected chi connectivity index (χ1v) is 10.8. The minimum absolute atomic E-state index is 0.167. The molecule has 0 spiro atoms. The first-order valence-electron chi connectivity index (χ1n) is 10.8. The Morgan fingerprint density at radius 3 is 2.47 bits per heavy atom. The summed E-state index contributed by atoms with van der Waals surface area (Å²) in [5.74, 6) is 0. The number of rotatable bonds is 4. The van der Waals surface area contributed by atoms with Crippen LogP contribution in [0.1, 0.15) is 5.56 Å². The van der Waals surface area contributed by atoms with Crippen LogP contribution in [0.15, 0.2) is 64.4 Å². The molecule has 4 aromatic rings. The summed E-state index contributed by atoms with van der Waals surface area (Å²) < 4.78 is 48.0. The molecule has 2 aromatic heterocycles. The van der Waals surface area contributed by atoms with Gasteiger partial charge in [-0.1, -0.05) is 24.3 Å². The van der Waals surface area contributed by atoms with Gasteiger partial charge in [0.2, 0.25) is 0 Å². The van der Waals surface area contributed by atoms with Gasteiger partial charge in [0.05, 0.1) is 41.6 Å². The first kappa shape index (κ1) is 22.3. The highest BCUT2D eigenvalue weighted by Gasteiger charge is 2.31. The molecule has 0 aliphatic carbocycles. The zero-order valence-corrected chi connectivity index (χ0v) is 18.1.